The van der Waals surface area contributed by atoms with E-state index in [-0.39, 0.29) is 5.56 Å². The number of aromatic nitrogens is 2. The molecule has 0 radical (unpaired) electrons. The van der Waals surface area contributed by atoms with Crippen molar-refractivity contribution < 1.29 is 0 Å². The van der Waals surface area contributed by atoms with Gasteiger partial charge in [-0.3, -0.25) is 4.79 Å². The van der Waals surface area contributed by atoms with E-state index in [2.05, 4.69) is 5.10 Å². The van der Waals surface area contributed by atoms with Gasteiger partial charge in [0, 0.05) is 18.3 Å². The Morgan fingerprint density at radius 1 is 1.64 bits per heavy atom. The molecule has 0 fully saturated rings. The lowest BCUT2D eigenvalue weighted by atomic mass is 10.3. The molecule has 0 unspecified atom stereocenters. The van der Waals surface area contributed by atoms with Gasteiger partial charge in [0.25, 0.3) is 5.56 Å². The van der Waals surface area contributed by atoms with Crippen molar-refractivity contribution in [1.29, 1.82) is 0 Å². The number of hydrogen-bond donors (Lipinski definition) is 0. The summed E-state index contributed by atoms with van der Waals surface area (Å²) in [5, 5.41) is 3.93. The van der Waals surface area contributed by atoms with Crippen molar-refractivity contribution in [3.63, 3.8) is 0 Å². The standard InChI is InChI=1S/C8H12N2O/c1-3-6-10-8(11)7(2)4-5-9-10/h4-5H,3,6H2,1-2H3. The first kappa shape index (κ1) is 7.98. The van der Waals surface area contributed by atoms with Crippen LogP contribution >= 0.6 is 0 Å². The lowest BCUT2D eigenvalue weighted by Gasteiger charge is -2.00. The smallest absolute Gasteiger partial charge is 0.268 e. The van der Waals surface area contributed by atoms with Gasteiger partial charge >= 0.3 is 0 Å². The van der Waals surface area contributed by atoms with Gasteiger partial charge in [-0.05, 0) is 19.4 Å². The maximum Gasteiger partial charge on any atom is 0.269 e. The average molecular weight is 152 g/mol. The Kier molecular flexibility index (Phi) is 2.41. The van der Waals surface area contributed by atoms with Gasteiger partial charge in [0.15, 0.2) is 0 Å². The first-order valence-electron chi connectivity index (χ1n) is 3.78. The SMILES string of the molecule is CCCn1nccc(C)c1=O. The van der Waals surface area contributed by atoms with Gasteiger partial charge in [-0.15, -0.1) is 0 Å². The van der Waals surface area contributed by atoms with Crippen LogP contribution in [0.3, 0.4) is 0 Å². The van der Waals surface area contributed by atoms with Gasteiger partial charge < -0.3 is 0 Å². The first-order chi connectivity index (χ1) is 5.25. The van der Waals surface area contributed by atoms with Crippen molar-refractivity contribution in [3.8, 4) is 0 Å². The molecule has 3 heteroatoms. The van der Waals surface area contributed by atoms with Crippen LogP contribution in [0.25, 0.3) is 0 Å². The predicted molar refractivity (Wildman–Crippen MR) is 43.5 cm³/mol. The minimum atomic E-state index is 0.0225. The molecule has 1 rings (SSSR count). The average Bonchev–Trinajstić information content (AvgIpc) is 1.99. The van der Waals surface area contributed by atoms with E-state index in [0.717, 1.165) is 12.0 Å². The van der Waals surface area contributed by atoms with Crippen molar-refractivity contribution in [2.45, 2.75) is 26.8 Å². The lowest BCUT2D eigenvalue weighted by molar-refractivity contribution is 0.564. The molecule has 60 valence electrons. The number of aryl methyl sites for hydroxylation is 2. The largest absolute Gasteiger partial charge is 0.269 e. The highest BCUT2D eigenvalue weighted by molar-refractivity contribution is 5.02. The van der Waals surface area contributed by atoms with Crippen LogP contribution in [0.15, 0.2) is 17.1 Å². The number of nitrogens with zero attached hydrogens (tertiary/aromatic N) is 2. The molecule has 0 amide bonds. The molecule has 0 N–H and O–H groups in total. The van der Waals surface area contributed by atoms with Crippen LogP contribution in [0.1, 0.15) is 18.9 Å². The normalized spacial score (nSPS) is 10.0. The molecule has 1 aromatic rings. The van der Waals surface area contributed by atoms with Crippen LogP contribution in [0, 0.1) is 6.92 Å². The molecule has 0 spiro atoms. The highest BCUT2D eigenvalue weighted by Crippen LogP contribution is 1.86. The molecule has 0 bridgehead atoms. The zero-order valence-corrected chi connectivity index (χ0v) is 6.87. The van der Waals surface area contributed by atoms with Crippen LogP contribution < -0.4 is 5.56 Å². The van der Waals surface area contributed by atoms with Gasteiger partial charge in [0.2, 0.25) is 0 Å². The van der Waals surface area contributed by atoms with Crippen molar-refractivity contribution in [2.75, 3.05) is 0 Å². The van der Waals surface area contributed by atoms with Crippen LogP contribution in [-0.4, -0.2) is 9.78 Å². The molecule has 0 aliphatic carbocycles. The summed E-state index contributed by atoms with van der Waals surface area (Å²) in [6, 6.07) is 1.73. The van der Waals surface area contributed by atoms with E-state index in [9.17, 15) is 4.79 Å². The maximum atomic E-state index is 11.3. The summed E-state index contributed by atoms with van der Waals surface area (Å²) < 4.78 is 1.50. The van der Waals surface area contributed by atoms with Crippen LogP contribution in [0.5, 0.6) is 0 Å². The van der Waals surface area contributed by atoms with Gasteiger partial charge in [0.05, 0.1) is 0 Å². The fraction of sp³-hybridized carbons (Fsp3) is 0.500. The Hall–Kier alpha value is -1.12. The summed E-state index contributed by atoms with van der Waals surface area (Å²) in [5.41, 5.74) is 0.780. The Labute approximate surface area is 65.7 Å². The molecule has 0 aliphatic rings. The molecule has 0 saturated heterocycles. The second-order valence-corrected chi connectivity index (χ2v) is 2.54. The van der Waals surface area contributed by atoms with E-state index < -0.39 is 0 Å². The Balaban J connectivity index is 3.07. The first-order valence-corrected chi connectivity index (χ1v) is 3.78. The van der Waals surface area contributed by atoms with Crippen molar-refractivity contribution in [3.05, 3.63) is 28.2 Å². The van der Waals surface area contributed by atoms with Crippen LogP contribution in [0.4, 0.5) is 0 Å². The Bertz CT molecular complexity index is 290. The number of hydrogen-bond acceptors (Lipinski definition) is 2. The third-order valence-corrected chi connectivity index (χ3v) is 1.54. The summed E-state index contributed by atoms with van der Waals surface area (Å²) in [4.78, 5) is 11.3. The minimum Gasteiger partial charge on any atom is -0.268 e. The lowest BCUT2D eigenvalue weighted by Crippen LogP contribution is -2.23. The molecule has 0 saturated carbocycles. The third kappa shape index (κ3) is 1.67. The quantitative estimate of drug-likeness (QED) is 0.632. The van der Waals surface area contributed by atoms with Gasteiger partial charge in [-0.1, -0.05) is 6.92 Å². The predicted octanol–water partition coefficient (Wildman–Crippen LogP) is 0.962. The maximum absolute atomic E-state index is 11.3. The Morgan fingerprint density at radius 2 is 2.36 bits per heavy atom. The van der Waals surface area contributed by atoms with Gasteiger partial charge in [-0.2, -0.15) is 5.10 Å². The highest BCUT2D eigenvalue weighted by atomic mass is 16.1. The summed E-state index contributed by atoms with van der Waals surface area (Å²) in [5.74, 6) is 0. The molecule has 1 heterocycles. The molecule has 0 aliphatic heterocycles. The minimum absolute atomic E-state index is 0.0225. The van der Waals surface area contributed by atoms with Crippen molar-refractivity contribution in [2.24, 2.45) is 0 Å². The topological polar surface area (TPSA) is 34.9 Å². The van der Waals surface area contributed by atoms with Crippen LogP contribution in [-0.2, 0) is 6.54 Å². The van der Waals surface area contributed by atoms with Gasteiger partial charge in [-0.25, -0.2) is 4.68 Å². The number of rotatable bonds is 2. The summed E-state index contributed by atoms with van der Waals surface area (Å²) in [7, 11) is 0. The summed E-state index contributed by atoms with van der Waals surface area (Å²) in [6.07, 6.45) is 2.60. The van der Waals surface area contributed by atoms with E-state index in [1.54, 1.807) is 19.2 Å². The van der Waals surface area contributed by atoms with E-state index in [4.69, 9.17) is 0 Å². The molecule has 3 nitrogen and oxygen atoms in total. The van der Waals surface area contributed by atoms with E-state index in [1.807, 2.05) is 6.92 Å². The zero-order valence-electron chi connectivity index (χ0n) is 6.87. The summed E-state index contributed by atoms with van der Waals surface area (Å²) >= 11 is 0. The van der Waals surface area contributed by atoms with Gasteiger partial charge in [0.1, 0.15) is 0 Å². The Morgan fingerprint density at radius 3 is 3.00 bits per heavy atom. The molecule has 0 atom stereocenters. The fourth-order valence-electron chi connectivity index (χ4n) is 0.924. The van der Waals surface area contributed by atoms with Crippen molar-refractivity contribution in [1.82, 2.24) is 9.78 Å². The molecule has 0 aromatic carbocycles. The second-order valence-electron chi connectivity index (χ2n) is 2.54. The molecular formula is C8H12N2O. The van der Waals surface area contributed by atoms with Crippen molar-refractivity contribution >= 4 is 0 Å². The van der Waals surface area contributed by atoms with Crippen LogP contribution in [0.2, 0.25) is 0 Å². The monoisotopic (exact) mass is 152 g/mol. The summed E-state index contributed by atoms with van der Waals surface area (Å²) in [6.45, 7) is 4.53. The zero-order chi connectivity index (χ0) is 8.27. The fourth-order valence-corrected chi connectivity index (χ4v) is 0.924. The van der Waals surface area contributed by atoms with E-state index in [0.29, 0.717) is 6.54 Å². The molecular weight excluding hydrogens is 140 g/mol. The van der Waals surface area contributed by atoms with E-state index >= 15 is 0 Å². The second kappa shape index (κ2) is 3.32. The molecule has 11 heavy (non-hydrogen) atoms. The van der Waals surface area contributed by atoms with E-state index in [1.165, 1.54) is 4.68 Å². The third-order valence-electron chi connectivity index (χ3n) is 1.54. The molecule has 1 aromatic heterocycles. The highest BCUT2D eigenvalue weighted by Gasteiger charge is 1.96.